The summed E-state index contributed by atoms with van der Waals surface area (Å²) in [6.45, 7) is 2.89. The van der Waals surface area contributed by atoms with Crippen LogP contribution in [0.3, 0.4) is 0 Å². The molecule has 2 aromatic rings. The summed E-state index contributed by atoms with van der Waals surface area (Å²) in [6.07, 6.45) is 1.16. The van der Waals surface area contributed by atoms with Crippen molar-refractivity contribution in [3.63, 3.8) is 0 Å². The van der Waals surface area contributed by atoms with E-state index in [0.29, 0.717) is 5.92 Å². The molecule has 1 aromatic carbocycles. The molecule has 1 unspecified atom stereocenters. The SMILES string of the molecule is CN=C(NCc1cccs1)N1CCC(c2ccc(OC)cc2)C1.I. The third-order valence-electron chi connectivity index (χ3n) is 4.29. The summed E-state index contributed by atoms with van der Waals surface area (Å²) in [7, 11) is 3.56. The number of guanidine groups is 1. The Hall–Kier alpha value is -1.28. The highest BCUT2D eigenvalue weighted by molar-refractivity contribution is 14.0. The minimum atomic E-state index is 0. The molecule has 2 heterocycles. The molecule has 0 spiro atoms. The predicted molar refractivity (Wildman–Crippen MR) is 112 cm³/mol. The van der Waals surface area contributed by atoms with Gasteiger partial charge in [0.25, 0.3) is 0 Å². The molecule has 6 heteroatoms. The first kappa shape index (κ1) is 19.1. The molecule has 4 nitrogen and oxygen atoms in total. The highest BCUT2D eigenvalue weighted by Crippen LogP contribution is 2.28. The molecule has 1 aromatic heterocycles. The number of hydrogen-bond donors (Lipinski definition) is 1. The number of methoxy groups -OCH3 is 1. The minimum absolute atomic E-state index is 0. The molecular weight excluding hydrogens is 433 g/mol. The van der Waals surface area contributed by atoms with E-state index in [4.69, 9.17) is 4.74 Å². The predicted octanol–water partition coefficient (Wildman–Crippen LogP) is 3.94. The first-order chi connectivity index (χ1) is 11.3. The van der Waals surface area contributed by atoms with Gasteiger partial charge in [-0.3, -0.25) is 4.99 Å². The highest BCUT2D eigenvalue weighted by Gasteiger charge is 2.26. The van der Waals surface area contributed by atoms with Crippen LogP contribution in [0.1, 0.15) is 22.8 Å². The number of hydrogen-bond acceptors (Lipinski definition) is 3. The zero-order valence-corrected chi connectivity index (χ0v) is 17.2. The van der Waals surface area contributed by atoms with Crippen molar-refractivity contribution in [3.05, 3.63) is 52.2 Å². The van der Waals surface area contributed by atoms with Crippen molar-refractivity contribution in [2.45, 2.75) is 18.9 Å². The van der Waals surface area contributed by atoms with Gasteiger partial charge in [-0.15, -0.1) is 35.3 Å². The summed E-state index contributed by atoms with van der Waals surface area (Å²) in [6, 6.07) is 12.7. The molecule has 130 valence electrons. The fourth-order valence-electron chi connectivity index (χ4n) is 3.01. The number of ether oxygens (including phenoxy) is 1. The molecule has 1 fully saturated rings. The van der Waals surface area contributed by atoms with Crippen LogP contribution >= 0.6 is 35.3 Å². The van der Waals surface area contributed by atoms with Crippen molar-refractivity contribution in [2.75, 3.05) is 27.2 Å². The lowest BCUT2D eigenvalue weighted by Crippen LogP contribution is -2.39. The van der Waals surface area contributed by atoms with Gasteiger partial charge in [0.1, 0.15) is 5.75 Å². The Labute approximate surface area is 165 Å². The summed E-state index contributed by atoms with van der Waals surface area (Å²) in [5.74, 6) is 2.47. The number of benzene rings is 1. The van der Waals surface area contributed by atoms with Gasteiger partial charge in [-0.1, -0.05) is 18.2 Å². The lowest BCUT2D eigenvalue weighted by Gasteiger charge is -2.21. The molecular formula is C18H24IN3OS. The van der Waals surface area contributed by atoms with Gasteiger partial charge in [-0.05, 0) is 35.6 Å². The molecule has 1 atom stereocenters. The second-order valence-corrected chi connectivity index (χ2v) is 6.72. The summed E-state index contributed by atoms with van der Waals surface area (Å²) in [4.78, 5) is 8.12. The lowest BCUT2D eigenvalue weighted by atomic mass is 9.98. The van der Waals surface area contributed by atoms with Crippen LogP contribution in [-0.4, -0.2) is 38.1 Å². The molecule has 0 amide bonds. The van der Waals surface area contributed by atoms with Crippen molar-refractivity contribution in [1.29, 1.82) is 0 Å². The Morgan fingerprint density at radius 2 is 2.12 bits per heavy atom. The standard InChI is InChI=1S/C18H23N3OS.HI/c1-19-18(20-12-17-4-3-11-23-17)21-10-9-15(13-21)14-5-7-16(22-2)8-6-14;/h3-8,11,15H,9-10,12-13H2,1-2H3,(H,19,20);1H. The molecule has 1 aliphatic heterocycles. The van der Waals surface area contributed by atoms with Crippen molar-refractivity contribution in [1.82, 2.24) is 10.2 Å². The van der Waals surface area contributed by atoms with Gasteiger partial charge < -0.3 is 15.0 Å². The molecule has 3 rings (SSSR count). The number of likely N-dealkylation sites (tertiary alicyclic amines) is 1. The van der Waals surface area contributed by atoms with E-state index in [-0.39, 0.29) is 24.0 Å². The quantitative estimate of drug-likeness (QED) is 0.430. The van der Waals surface area contributed by atoms with Crippen molar-refractivity contribution < 1.29 is 4.74 Å². The first-order valence-corrected chi connectivity index (χ1v) is 8.80. The zero-order valence-electron chi connectivity index (χ0n) is 14.1. The Morgan fingerprint density at radius 1 is 1.33 bits per heavy atom. The van der Waals surface area contributed by atoms with Gasteiger partial charge >= 0.3 is 0 Å². The number of rotatable bonds is 4. The number of nitrogens with zero attached hydrogens (tertiary/aromatic N) is 2. The fraction of sp³-hybridized carbons (Fsp3) is 0.389. The second-order valence-electron chi connectivity index (χ2n) is 5.68. The van der Waals surface area contributed by atoms with Crippen LogP contribution in [0.5, 0.6) is 5.75 Å². The lowest BCUT2D eigenvalue weighted by molar-refractivity contribution is 0.414. The number of nitrogens with one attached hydrogen (secondary N) is 1. The van der Waals surface area contributed by atoms with Crippen LogP contribution in [0.25, 0.3) is 0 Å². The monoisotopic (exact) mass is 457 g/mol. The van der Waals surface area contributed by atoms with Gasteiger partial charge in [0.2, 0.25) is 0 Å². The van der Waals surface area contributed by atoms with Crippen molar-refractivity contribution >= 4 is 41.3 Å². The normalized spacial score (nSPS) is 17.5. The van der Waals surface area contributed by atoms with Crippen LogP contribution in [0.15, 0.2) is 46.8 Å². The molecule has 0 aliphatic carbocycles. The van der Waals surface area contributed by atoms with Gasteiger partial charge in [0.05, 0.1) is 13.7 Å². The zero-order chi connectivity index (χ0) is 16.1. The largest absolute Gasteiger partial charge is 0.497 e. The highest BCUT2D eigenvalue weighted by atomic mass is 127. The van der Waals surface area contributed by atoms with E-state index in [9.17, 15) is 0 Å². The maximum Gasteiger partial charge on any atom is 0.193 e. The van der Waals surface area contributed by atoms with Crippen LogP contribution in [-0.2, 0) is 6.54 Å². The second kappa shape index (κ2) is 9.27. The summed E-state index contributed by atoms with van der Waals surface area (Å²) in [5, 5.41) is 5.58. The number of halogens is 1. The maximum atomic E-state index is 5.24. The molecule has 0 bridgehead atoms. The van der Waals surface area contributed by atoms with E-state index in [2.05, 4.69) is 44.9 Å². The third-order valence-corrected chi connectivity index (χ3v) is 5.16. The molecule has 1 saturated heterocycles. The molecule has 0 saturated carbocycles. The van der Waals surface area contributed by atoms with E-state index in [1.54, 1.807) is 18.4 Å². The number of thiophene rings is 1. The first-order valence-electron chi connectivity index (χ1n) is 7.92. The topological polar surface area (TPSA) is 36.9 Å². The summed E-state index contributed by atoms with van der Waals surface area (Å²) in [5.41, 5.74) is 1.38. The van der Waals surface area contributed by atoms with Crippen LogP contribution in [0.2, 0.25) is 0 Å². The Kier molecular flexibility index (Phi) is 7.36. The average molecular weight is 457 g/mol. The molecule has 1 aliphatic rings. The van der Waals surface area contributed by atoms with Gasteiger partial charge in [-0.2, -0.15) is 0 Å². The van der Waals surface area contributed by atoms with E-state index < -0.39 is 0 Å². The minimum Gasteiger partial charge on any atom is -0.497 e. The van der Waals surface area contributed by atoms with Crippen LogP contribution in [0.4, 0.5) is 0 Å². The van der Waals surface area contributed by atoms with Crippen LogP contribution in [0, 0.1) is 0 Å². The van der Waals surface area contributed by atoms with Crippen LogP contribution < -0.4 is 10.1 Å². The van der Waals surface area contributed by atoms with Gasteiger partial charge in [0.15, 0.2) is 5.96 Å². The average Bonchev–Trinajstić information content (AvgIpc) is 3.27. The Bertz CT molecular complexity index is 643. The molecule has 1 N–H and O–H groups in total. The summed E-state index contributed by atoms with van der Waals surface area (Å²) < 4.78 is 5.24. The van der Waals surface area contributed by atoms with Crippen molar-refractivity contribution in [2.24, 2.45) is 4.99 Å². The summed E-state index contributed by atoms with van der Waals surface area (Å²) >= 11 is 1.77. The van der Waals surface area contributed by atoms with E-state index in [1.165, 1.54) is 10.4 Å². The van der Waals surface area contributed by atoms with Crippen molar-refractivity contribution in [3.8, 4) is 5.75 Å². The van der Waals surface area contributed by atoms with Gasteiger partial charge in [0, 0.05) is 30.9 Å². The Morgan fingerprint density at radius 3 is 2.75 bits per heavy atom. The molecule has 24 heavy (non-hydrogen) atoms. The van der Waals surface area contributed by atoms with Gasteiger partial charge in [-0.25, -0.2) is 0 Å². The van der Waals surface area contributed by atoms with E-state index in [0.717, 1.165) is 37.8 Å². The maximum absolute atomic E-state index is 5.24. The van der Waals surface area contributed by atoms with E-state index in [1.807, 2.05) is 19.2 Å². The van der Waals surface area contributed by atoms with E-state index >= 15 is 0 Å². The Balaban J connectivity index is 0.00000208. The smallest absolute Gasteiger partial charge is 0.193 e. The molecule has 0 radical (unpaired) electrons. The fourth-order valence-corrected chi connectivity index (χ4v) is 3.66. The number of aliphatic imine (C=N–C) groups is 1. The third kappa shape index (κ3) is 4.63.